The smallest absolute Gasteiger partial charge is 0.271 e. The number of carbonyl (C=O) groups excluding carboxylic acids is 1. The van der Waals surface area contributed by atoms with Crippen molar-refractivity contribution < 1.29 is 13.2 Å². The summed E-state index contributed by atoms with van der Waals surface area (Å²) in [5, 5.41) is 3.00. The molecule has 1 aromatic rings. The molecule has 1 saturated heterocycles. The summed E-state index contributed by atoms with van der Waals surface area (Å²) in [7, 11) is -3.09. The Hall–Kier alpha value is -0.850. The van der Waals surface area contributed by atoms with E-state index in [0.717, 1.165) is 0 Å². The molecule has 1 fully saturated rings. The van der Waals surface area contributed by atoms with Crippen molar-refractivity contribution in [1.82, 2.24) is 10.3 Å². The van der Waals surface area contributed by atoms with Crippen molar-refractivity contribution >= 4 is 38.9 Å². The van der Waals surface area contributed by atoms with Crippen LogP contribution in [-0.2, 0) is 9.84 Å². The van der Waals surface area contributed by atoms with E-state index in [1.165, 1.54) is 12.1 Å². The van der Waals surface area contributed by atoms with Crippen molar-refractivity contribution in [3.63, 3.8) is 0 Å². The van der Waals surface area contributed by atoms with Crippen molar-refractivity contribution in [1.29, 1.82) is 0 Å². The van der Waals surface area contributed by atoms with Gasteiger partial charge < -0.3 is 5.32 Å². The van der Waals surface area contributed by atoms with E-state index in [1.807, 2.05) is 0 Å². The maximum atomic E-state index is 12.1. The van der Waals surface area contributed by atoms with Gasteiger partial charge in [0.25, 0.3) is 5.91 Å². The van der Waals surface area contributed by atoms with Crippen molar-refractivity contribution in [2.75, 3.05) is 11.5 Å². The third kappa shape index (κ3) is 3.38. The molecule has 0 aromatic carbocycles. The zero-order chi connectivity index (χ0) is 14.3. The number of rotatable bonds is 2. The van der Waals surface area contributed by atoms with Crippen LogP contribution in [0, 0.1) is 0 Å². The van der Waals surface area contributed by atoms with E-state index in [2.05, 4.69) is 10.3 Å². The first-order valence-corrected chi connectivity index (χ1v) is 8.14. The first-order valence-electron chi connectivity index (χ1n) is 5.56. The molecule has 1 aliphatic heterocycles. The molecule has 0 radical (unpaired) electrons. The Morgan fingerprint density at radius 2 is 2.11 bits per heavy atom. The van der Waals surface area contributed by atoms with E-state index in [-0.39, 0.29) is 27.4 Å². The van der Waals surface area contributed by atoms with Gasteiger partial charge in [-0.15, -0.1) is 0 Å². The fourth-order valence-electron chi connectivity index (χ4n) is 2.02. The maximum absolute atomic E-state index is 12.1. The Bertz CT molecular complexity index is 633. The van der Waals surface area contributed by atoms with Crippen LogP contribution >= 0.6 is 23.2 Å². The summed E-state index contributed by atoms with van der Waals surface area (Å²) in [5.41, 5.74) is -0.789. The Labute approximate surface area is 121 Å². The molecule has 1 unspecified atom stereocenters. The zero-order valence-corrected chi connectivity index (χ0v) is 12.4. The molecule has 1 amide bonds. The molecule has 8 heteroatoms. The van der Waals surface area contributed by atoms with Gasteiger partial charge in [-0.05, 0) is 25.5 Å². The molecule has 5 nitrogen and oxygen atoms in total. The van der Waals surface area contributed by atoms with E-state index in [1.54, 1.807) is 6.92 Å². The molecule has 19 heavy (non-hydrogen) atoms. The van der Waals surface area contributed by atoms with Gasteiger partial charge in [-0.2, -0.15) is 0 Å². The van der Waals surface area contributed by atoms with E-state index in [9.17, 15) is 13.2 Å². The van der Waals surface area contributed by atoms with Crippen molar-refractivity contribution in [3.8, 4) is 0 Å². The van der Waals surface area contributed by atoms with Crippen molar-refractivity contribution in [2.45, 2.75) is 18.9 Å². The lowest BCUT2D eigenvalue weighted by Gasteiger charge is -2.23. The molecule has 2 rings (SSSR count). The van der Waals surface area contributed by atoms with E-state index in [0.29, 0.717) is 6.42 Å². The molecule has 1 aromatic heterocycles. The van der Waals surface area contributed by atoms with Crippen LogP contribution in [0.1, 0.15) is 23.8 Å². The molecule has 1 N–H and O–H groups in total. The van der Waals surface area contributed by atoms with Crippen LogP contribution < -0.4 is 5.32 Å². The van der Waals surface area contributed by atoms with Crippen molar-refractivity contribution in [2.24, 2.45) is 0 Å². The molecule has 2 heterocycles. The van der Waals surface area contributed by atoms with Gasteiger partial charge in [0.1, 0.15) is 10.8 Å². The Kier molecular flexibility index (Phi) is 3.77. The largest absolute Gasteiger partial charge is 0.344 e. The average Bonchev–Trinajstić information content (AvgIpc) is 2.56. The monoisotopic (exact) mass is 322 g/mol. The summed E-state index contributed by atoms with van der Waals surface area (Å²) in [6.07, 6.45) is 0.374. The van der Waals surface area contributed by atoms with Crippen LogP contribution in [0.2, 0.25) is 10.2 Å². The van der Waals surface area contributed by atoms with Crippen LogP contribution in [-0.4, -0.2) is 36.4 Å². The third-order valence-corrected chi connectivity index (χ3v) is 5.36. The standard InChI is InChI=1S/C11H12Cl2N2O3S/c1-11(4-5-19(17,18)6-11)15-10(16)9-7(12)2-3-8(13)14-9/h2-3H,4-6H2,1H3,(H,15,16). The number of hydrogen-bond acceptors (Lipinski definition) is 4. The van der Waals surface area contributed by atoms with E-state index in [4.69, 9.17) is 23.2 Å². The molecule has 0 aliphatic carbocycles. The number of halogens is 2. The molecule has 104 valence electrons. The molecule has 0 bridgehead atoms. The number of hydrogen-bond donors (Lipinski definition) is 1. The maximum Gasteiger partial charge on any atom is 0.271 e. The fourth-order valence-corrected chi connectivity index (χ4v) is 4.45. The van der Waals surface area contributed by atoms with Gasteiger partial charge >= 0.3 is 0 Å². The lowest BCUT2D eigenvalue weighted by molar-refractivity contribution is 0.0910. The normalized spacial score (nSPS) is 25.2. The quantitative estimate of drug-likeness (QED) is 0.841. The first kappa shape index (κ1) is 14.6. The minimum Gasteiger partial charge on any atom is -0.344 e. The summed E-state index contributed by atoms with van der Waals surface area (Å²) >= 11 is 11.6. The number of amides is 1. The van der Waals surface area contributed by atoms with Gasteiger partial charge in [0.15, 0.2) is 9.84 Å². The molecular formula is C11H12Cl2N2O3S. The minimum atomic E-state index is -3.09. The second kappa shape index (κ2) is 4.92. The first-order chi connectivity index (χ1) is 8.71. The van der Waals surface area contributed by atoms with Gasteiger partial charge in [-0.3, -0.25) is 4.79 Å². The van der Waals surface area contributed by atoms with Gasteiger partial charge in [0, 0.05) is 0 Å². The van der Waals surface area contributed by atoms with Gasteiger partial charge in [0.2, 0.25) is 0 Å². The SMILES string of the molecule is CC1(NC(=O)c2nc(Cl)ccc2Cl)CCS(=O)(=O)C1. The van der Waals surface area contributed by atoms with Crippen molar-refractivity contribution in [3.05, 3.63) is 28.0 Å². The molecular weight excluding hydrogens is 311 g/mol. The molecule has 1 aliphatic rings. The van der Waals surface area contributed by atoms with Crippen LogP contribution in [0.4, 0.5) is 0 Å². The predicted molar refractivity (Wildman–Crippen MR) is 73.4 cm³/mol. The van der Waals surface area contributed by atoms with Gasteiger partial charge in [-0.25, -0.2) is 13.4 Å². The Morgan fingerprint density at radius 1 is 1.42 bits per heavy atom. The van der Waals surface area contributed by atoms with Gasteiger partial charge in [-0.1, -0.05) is 23.2 Å². The summed E-state index contributed by atoms with van der Waals surface area (Å²) in [4.78, 5) is 15.9. The lowest BCUT2D eigenvalue weighted by atomic mass is 10.0. The lowest BCUT2D eigenvalue weighted by Crippen LogP contribution is -2.47. The second-order valence-corrected chi connectivity index (χ2v) is 7.80. The van der Waals surface area contributed by atoms with Gasteiger partial charge in [0.05, 0.1) is 22.1 Å². The number of nitrogens with zero attached hydrogens (tertiary/aromatic N) is 1. The number of sulfone groups is 1. The minimum absolute atomic E-state index is 0.000287. The Morgan fingerprint density at radius 3 is 2.68 bits per heavy atom. The highest BCUT2D eigenvalue weighted by Gasteiger charge is 2.40. The number of carbonyl (C=O) groups is 1. The zero-order valence-electron chi connectivity index (χ0n) is 10.1. The number of nitrogens with one attached hydrogen (secondary N) is 1. The topological polar surface area (TPSA) is 76.1 Å². The number of aromatic nitrogens is 1. The summed E-state index contributed by atoms with van der Waals surface area (Å²) in [6, 6.07) is 2.95. The van der Waals surface area contributed by atoms with Crippen LogP contribution in [0.5, 0.6) is 0 Å². The summed E-state index contributed by atoms with van der Waals surface area (Å²) in [6.45, 7) is 1.69. The van der Waals surface area contributed by atoms with E-state index >= 15 is 0 Å². The molecule has 0 saturated carbocycles. The molecule has 1 atom stereocenters. The highest BCUT2D eigenvalue weighted by atomic mass is 35.5. The summed E-state index contributed by atoms with van der Waals surface area (Å²) in [5.74, 6) is -0.531. The second-order valence-electron chi connectivity index (χ2n) is 4.82. The Balaban J connectivity index is 2.20. The number of pyridine rings is 1. The summed E-state index contributed by atoms with van der Waals surface area (Å²) < 4.78 is 22.9. The molecule has 0 spiro atoms. The van der Waals surface area contributed by atoms with E-state index < -0.39 is 21.3 Å². The highest BCUT2D eigenvalue weighted by molar-refractivity contribution is 7.91. The third-order valence-electron chi connectivity index (χ3n) is 2.95. The predicted octanol–water partition coefficient (Wildman–Crippen LogP) is 1.70. The van der Waals surface area contributed by atoms with Crippen LogP contribution in [0.3, 0.4) is 0 Å². The van der Waals surface area contributed by atoms with Crippen LogP contribution in [0.25, 0.3) is 0 Å². The van der Waals surface area contributed by atoms with Crippen LogP contribution in [0.15, 0.2) is 12.1 Å². The average molecular weight is 323 g/mol. The fraction of sp³-hybridized carbons (Fsp3) is 0.455. The highest BCUT2D eigenvalue weighted by Crippen LogP contribution is 2.24.